The Bertz CT molecular complexity index is 1060. The van der Waals surface area contributed by atoms with Crippen molar-refractivity contribution in [2.45, 2.75) is 12.8 Å². The maximum Gasteiger partial charge on any atom is 0.416 e. The van der Waals surface area contributed by atoms with Crippen LogP contribution in [0.5, 0.6) is 5.75 Å². The average molecular weight is 440 g/mol. The Labute approximate surface area is 184 Å². The van der Waals surface area contributed by atoms with Gasteiger partial charge in [-0.3, -0.25) is 4.79 Å². The van der Waals surface area contributed by atoms with Crippen LogP contribution in [-0.4, -0.2) is 37.0 Å². The molecule has 0 saturated carbocycles. The standard InChI is InChI=1S/C25H23F3N2O2/c26-25(27,28)20-9-6-10-21(17-20)29-13-15-30(16-14-29)24(31)22-11-4-5-12-23(22)32-18-19-7-2-1-3-8-19/h1-12,17H,13-16,18H2. The number of hydrogen-bond donors (Lipinski definition) is 0. The van der Waals surface area contributed by atoms with Crippen molar-refractivity contribution < 1.29 is 22.7 Å². The highest BCUT2D eigenvalue weighted by Crippen LogP contribution is 2.32. The summed E-state index contributed by atoms with van der Waals surface area (Å²) in [5, 5.41) is 0. The Kier molecular flexibility index (Phi) is 6.35. The quantitative estimate of drug-likeness (QED) is 0.544. The highest BCUT2D eigenvalue weighted by molar-refractivity contribution is 5.97. The Morgan fingerprint density at radius 3 is 2.25 bits per heavy atom. The summed E-state index contributed by atoms with van der Waals surface area (Å²) in [6, 6.07) is 22.1. The molecule has 4 rings (SSSR count). The molecule has 1 fully saturated rings. The van der Waals surface area contributed by atoms with E-state index in [1.165, 1.54) is 6.07 Å². The van der Waals surface area contributed by atoms with Gasteiger partial charge in [-0.1, -0.05) is 48.5 Å². The van der Waals surface area contributed by atoms with Crippen molar-refractivity contribution >= 4 is 11.6 Å². The third-order valence-electron chi connectivity index (χ3n) is 5.46. The van der Waals surface area contributed by atoms with Crippen molar-refractivity contribution in [2.24, 2.45) is 0 Å². The minimum Gasteiger partial charge on any atom is -0.488 e. The first-order valence-electron chi connectivity index (χ1n) is 10.4. The van der Waals surface area contributed by atoms with E-state index in [1.54, 1.807) is 29.2 Å². The third-order valence-corrected chi connectivity index (χ3v) is 5.46. The number of hydrogen-bond acceptors (Lipinski definition) is 3. The lowest BCUT2D eigenvalue weighted by atomic mass is 10.1. The summed E-state index contributed by atoms with van der Waals surface area (Å²) >= 11 is 0. The molecule has 0 radical (unpaired) electrons. The fourth-order valence-electron chi connectivity index (χ4n) is 3.72. The van der Waals surface area contributed by atoms with Gasteiger partial charge in [0.2, 0.25) is 0 Å². The van der Waals surface area contributed by atoms with Gasteiger partial charge in [0.25, 0.3) is 5.91 Å². The summed E-state index contributed by atoms with van der Waals surface area (Å²) < 4.78 is 45.0. The molecule has 0 atom stereocenters. The minimum atomic E-state index is -4.38. The average Bonchev–Trinajstić information content (AvgIpc) is 2.83. The van der Waals surface area contributed by atoms with E-state index in [0.717, 1.165) is 17.7 Å². The summed E-state index contributed by atoms with van der Waals surface area (Å²) in [6.45, 7) is 2.11. The zero-order valence-electron chi connectivity index (χ0n) is 17.4. The maximum atomic E-state index is 13.1. The van der Waals surface area contributed by atoms with Crippen LogP contribution in [0.3, 0.4) is 0 Å². The van der Waals surface area contributed by atoms with E-state index in [1.807, 2.05) is 41.3 Å². The zero-order valence-corrected chi connectivity index (χ0v) is 17.4. The van der Waals surface area contributed by atoms with Crippen LogP contribution >= 0.6 is 0 Å². The van der Waals surface area contributed by atoms with Crippen LogP contribution in [0.25, 0.3) is 0 Å². The molecule has 166 valence electrons. The lowest BCUT2D eigenvalue weighted by Crippen LogP contribution is -2.48. The summed E-state index contributed by atoms with van der Waals surface area (Å²) in [6.07, 6.45) is -4.38. The van der Waals surface area contributed by atoms with Gasteiger partial charge in [0, 0.05) is 31.9 Å². The maximum absolute atomic E-state index is 13.1. The van der Waals surface area contributed by atoms with Crippen LogP contribution in [0, 0.1) is 0 Å². The normalized spacial score (nSPS) is 14.3. The molecule has 0 aliphatic carbocycles. The van der Waals surface area contributed by atoms with Crippen molar-refractivity contribution in [2.75, 3.05) is 31.1 Å². The van der Waals surface area contributed by atoms with E-state index in [0.29, 0.717) is 49.8 Å². The van der Waals surface area contributed by atoms with Gasteiger partial charge in [0.15, 0.2) is 0 Å². The minimum absolute atomic E-state index is 0.141. The highest BCUT2D eigenvalue weighted by atomic mass is 19.4. The number of ether oxygens (including phenoxy) is 1. The van der Waals surface area contributed by atoms with E-state index in [4.69, 9.17) is 4.74 Å². The van der Waals surface area contributed by atoms with Crippen LogP contribution in [0.4, 0.5) is 18.9 Å². The molecular formula is C25H23F3N2O2. The topological polar surface area (TPSA) is 32.8 Å². The van der Waals surface area contributed by atoms with Crippen LogP contribution in [0.1, 0.15) is 21.5 Å². The van der Waals surface area contributed by atoms with Crippen molar-refractivity contribution in [1.29, 1.82) is 0 Å². The van der Waals surface area contributed by atoms with Crippen LogP contribution in [0.15, 0.2) is 78.9 Å². The number of amides is 1. The Hall–Kier alpha value is -3.48. The molecule has 3 aromatic carbocycles. The first kappa shape index (κ1) is 21.7. The molecule has 0 spiro atoms. The van der Waals surface area contributed by atoms with Gasteiger partial charge in [-0.2, -0.15) is 13.2 Å². The van der Waals surface area contributed by atoms with Crippen LogP contribution < -0.4 is 9.64 Å². The molecule has 1 heterocycles. The number of para-hydroxylation sites is 1. The van der Waals surface area contributed by atoms with Gasteiger partial charge >= 0.3 is 6.18 Å². The SMILES string of the molecule is O=C(c1ccccc1OCc1ccccc1)N1CCN(c2cccc(C(F)(F)F)c2)CC1. The number of halogens is 3. The van der Waals surface area contributed by atoms with Crippen molar-refractivity contribution in [3.8, 4) is 5.75 Å². The lowest BCUT2D eigenvalue weighted by Gasteiger charge is -2.36. The highest BCUT2D eigenvalue weighted by Gasteiger charge is 2.31. The van der Waals surface area contributed by atoms with Gasteiger partial charge in [-0.25, -0.2) is 0 Å². The van der Waals surface area contributed by atoms with Crippen LogP contribution in [0.2, 0.25) is 0 Å². The van der Waals surface area contributed by atoms with E-state index >= 15 is 0 Å². The number of carbonyl (C=O) groups excluding carboxylic acids is 1. The molecule has 32 heavy (non-hydrogen) atoms. The number of alkyl halides is 3. The number of anilines is 1. The first-order chi connectivity index (χ1) is 15.4. The molecular weight excluding hydrogens is 417 g/mol. The van der Waals surface area contributed by atoms with Crippen molar-refractivity contribution in [3.05, 3.63) is 95.6 Å². The first-order valence-corrected chi connectivity index (χ1v) is 10.4. The third kappa shape index (κ3) is 5.04. The number of rotatable bonds is 5. The van der Waals surface area contributed by atoms with Gasteiger partial charge in [-0.05, 0) is 35.9 Å². The molecule has 0 bridgehead atoms. The lowest BCUT2D eigenvalue weighted by molar-refractivity contribution is -0.137. The van der Waals surface area contributed by atoms with Gasteiger partial charge in [0.1, 0.15) is 12.4 Å². The van der Waals surface area contributed by atoms with Gasteiger partial charge < -0.3 is 14.5 Å². The van der Waals surface area contributed by atoms with E-state index in [2.05, 4.69) is 0 Å². The molecule has 0 unspecified atom stereocenters. The second kappa shape index (κ2) is 9.34. The number of piperazine rings is 1. The fraction of sp³-hybridized carbons (Fsp3) is 0.240. The predicted molar refractivity (Wildman–Crippen MR) is 117 cm³/mol. The molecule has 1 aliphatic rings. The number of nitrogens with zero attached hydrogens (tertiary/aromatic N) is 2. The van der Waals surface area contributed by atoms with Crippen LogP contribution in [-0.2, 0) is 12.8 Å². The number of benzene rings is 3. The number of carbonyl (C=O) groups is 1. The monoisotopic (exact) mass is 440 g/mol. The molecule has 0 N–H and O–H groups in total. The van der Waals surface area contributed by atoms with Crippen molar-refractivity contribution in [1.82, 2.24) is 4.90 Å². The molecule has 1 saturated heterocycles. The van der Waals surface area contributed by atoms with Crippen molar-refractivity contribution in [3.63, 3.8) is 0 Å². The Morgan fingerprint density at radius 1 is 0.844 bits per heavy atom. The predicted octanol–water partition coefficient (Wildman–Crippen LogP) is 5.25. The van der Waals surface area contributed by atoms with E-state index in [9.17, 15) is 18.0 Å². The molecule has 4 nitrogen and oxygen atoms in total. The molecule has 7 heteroatoms. The van der Waals surface area contributed by atoms with E-state index < -0.39 is 11.7 Å². The summed E-state index contributed by atoms with van der Waals surface area (Å²) in [4.78, 5) is 16.7. The second-order valence-electron chi connectivity index (χ2n) is 7.60. The molecule has 1 amide bonds. The summed E-state index contributed by atoms with van der Waals surface area (Å²) in [7, 11) is 0. The smallest absolute Gasteiger partial charge is 0.416 e. The summed E-state index contributed by atoms with van der Waals surface area (Å²) in [5.41, 5.74) is 1.33. The van der Waals surface area contributed by atoms with Gasteiger partial charge in [0.05, 0.1) is 11.1 Å². The van der Waals surface area contributed by atoms with Gasteiger partial charge in [-0.15, -0.1) is 0 Å². The summed E-state index contributed by atoms with van der Waals surface area (Å²) in [5.74, 6) is 0.374. The second-order valence-corrected chi connectivity index (χ2v) is 7.60. The molecule has 0 aromatic heterocycles. The van der Waals surface area contributed by atoms with E-state index in [-0.39, 0.29) is 5.91 Å². The molecule has 1 aliphatic heterocycles. The largest absolute Gasteiger partial charge is 0.488 e. The zero-order chi connectivity index (χ0) is 22.6. The molecule has 3 aromatic rings. The fourth-order valence-corrected chi connectivity index (χ4v) is 3.72. The Balaban J connectivity index is 1.41. The Morgan fingerprint density at radius 2 is 1.53 bits per heavy atom.